The van der Waals surface area contributed by atoms with Crippen LogP contribution in [0.5, 0.6) is 0 Å². The fourth-order valence-electron chi connectivity index (χ4n) is 3.54. The molecule has 2 unspecified atom stereocenters. The second-order valence-corrected chi connectivity index (χ2v) is 15.2. The van der Waals surface area contributed by atoms with Gasteiger partial charge in [-0.05, 0) is 57.3 Å². The standard InChI is InChI=1S/C22H23Br2F4N4O9PS2/c1-43(36,37)31-17(19(29)33)9-11-3-5-13(15(23)7-11)21(25,26)40-42(35)41-22(27,28)14-6-4-12(8-16(14)24)10-18(20(30)34)32-44(2,38)39/h3-8,17-18,31-32H,9-10H2,1-2H3,(H3-,29,30,33,34)/p+1. The summed E-state index contributed by atoms with van der Waals surface area (Å²) in [6.45, 7) is 0. The molecule has 2 aromatic carbocycles. The van der Waals surface area contributed by atoms with Crippen LogP contribution in [0.3, 0.4) is 0 Å². The second-order valence-electron chi connectivity index (χ2n) is 9.17. The number of hydrogen-bond donors (Lipinski definition) is 4. The van der Waals surface area contributed by atoms with Gasteiger partial charge in [0.1, 0.15) is 12.1 Å². The maximum atomic E-state index is 14.8. The van der Waals surface area contributed by atoms with E-state index in [1.54, 1.807) is 0 Å². The fourth-order valence-corrected chi connectivity index (χ4v) is 6.89. The zero-order valence-corrected chi connectivity index (χ0v) is 28.1. The van der Waals surface area contributed by atoms with E-state index in [0.717, 1.165) is 48.9 Å². The van der Waals surface area contributed by atoms with E-state index in [1.807, 2.05) is 9.44 Å². The van der Waals surface area contributed by atoms with E-state index >= 15 is 0 Å². The van der Waals surface area contributed by atoms with Crippen LogP contribution in [0.1, 0.15) is 22.3 Å². The van der Waals surface area contributed by atoms with Gasteiger partial charge in [0.25, 0.3) is 0 Å². The Morgan fingerprint density at radius 2 is 1.11 bits per heavy atom. The number of benzene rings is 2. The second kappa shape index (κ2) is 14.5. The minimum Gasteiger partial charge on any atom is -0.368 e. The molecule has 0 aromatic heterocycles. The summed E-state index contributed by atoms with van der Waals surface area (Å²) in [6.07, 6.45) is -8.00. The number of amides is 2. The Morgan fingerprint density at radius 1 is 0.795 bits per heavy atom. The fraction of sp³-hybridized carbons (Fsp3) is 0.364. The Labute approximate surface area is 266 Å². The van der Waals surface area contributed by atoms with Crippen molar-refractivity contribution in [1.29, 1.82) is 0 Å². The van der Waals surface area contributed by atoms with E-state index in [2.05, 4.69) is 40.9 Å². The molecule has 13 nitrogen and oxygen atoms in total. The lowest BCUT2D eigenvalue weighted by Crippen LogP contribution is -2.45. The summed E-state index contributed by atoms with van der Waals surface area (Å²) in [5, 5.41) is 0. The van der Waals surface area contributed by atoms with E-state index in [9.17, 15) is 48.6 Å². The van der Waals surface area contributed by atoms with Gasteiger partial charge in [0.2, 0.25) is 31.9 Å². The molecular weight excluding hydrogens is 795 g/mol. The highest BCUT2D eigenvalue weighted by Crippen LogP contribution is 2.48. The zero-order valence-electron chi connectivity index (χ0n) is 22.4. The molecule has 0 saturated heterocycles. The van der Waals surface area contributed by atoms with E-state index in [4.69, 9.17) is 11.5 Å². The summed E-state index contributed by atoms with van der Waals surface area (Å²) in [7, 11) is -11.9. The van der Waals surface area contributed by atoms with Crippen molar-refractivity contribution >= 4 is 72.0 Å². The maximum Gasteiger partial charge on any atom is 0.710 e. The van der Waals surface area contributed by atoms with E-state index in [-0.39, 0.29) is 32.9 Å². The van der Waals surface area contributed by atoms with Crippen LogP contribution in [0.4, 0.5) is 17.6 Å². The van der Waals surface area contributed by atoms with Crippen molar-refractivity contribution in [2.75, 3.05) is 12.5 Å². The third-order valence-electron chi connectivity index (χ3n) is 5.35. The number of primary amides is 2. The molecular formula is C22H24Br2F4N4O9PS2+. The lowest BCUT2D eigenvalue weighted by Gasteiger charge is -2.17. The first-order chi connectivity index (χ1) is 19.9. The minimum atomic E-state index is -4.45. The summed E-state index contributed by atoms with van der Waals surface area (Å²) in [4.78, 5) is 23.1. The van der Waals surface area contributed by atoms with Gasteiger partial charge in [-0.15, -0.1) is 0 Å². The summed E-state index contributed by atoms with van der Waals surface area (Å²) in [5.74, 6) is -2.08. The van der Waals surface area contributed by atoms with Crippen LogP contribution in [-0.4, -0.2) is 53.2 Å². The average molecular weight is 819 g/mol. The summed E-state index contributed by atoms with van der Waals surface area (Å²) < 4.78 is 128. The molecule has 0 radical (unpaired) electrons. The number of carbonyl (C=O) groups excluding carboxylic acids is 2. The third kappa shape index (κ3) is 11.7. The predicted octanol–water partition coefficient (Wildman–Crippen LogP) is 2.59. The number of sulfonamides is 2. The van der Waals surface area contributed by atoms with Crippen LogP contribution in [0, 0.1) is 0 Å². The Bertz CT molecular complexity index is 1550. The van der Waals surface area contributed by atoms with Gasteiger partial charge in [-0.25, -0.2) is 26.3 Å². The number of alkyl halides is 4. The number of halogens is 6. The molecule has 0 fully saturated rings. The molecule has 2 amide bonds. The van der Waals surface area contributed by atoms with Gasteiger partial charge in [-0.2, -0.15) is 17.6 Å². The maximum absolute atomic E-state index is 14.8. The van der Waals surface area contributed by atoms with Crippen LogP contribution in [-0.2, 0) is 68.3 Å². The van der Waals surface area contributed by atoms with E-state index in [0.29, 0.717) is 0 Å². The van der Waals surface area contributed by atoms with Crippen LogP contribution in [0.2, 0.25) is 0 Å². The molecule has 0 aliphatic rings. The molecule has 244 valence electrons. The van der Waals surface area contributed by atoms with Gasteiger partial charge in [0.05, 0.1) is 23.6 Å². The summed E-state index contributed by atoms with van der Waals surface area (Å²) in [6, 6.07) is 2.90. The number of hydrogen-bond acceptors (Lipinski definition) is 9. The van der Waals surface area contributed by atoms with Gasteiger partial charge < -0.3 is 11.5 Å². The van der Waals surface area contributed by atoms with Crippen molar-refractivity contribution < 1.29 is 57.6 Å². The molecule has 2 atom stereocenters. The normalized spacial score (nSPS) is 14.6. The Kier molecular flexibility index (Phi) is 12.6. The summed E-state index contributed by atoms with van der Waals surface area (Å²) in [5.41, 5.74) is 8.72. The molecule has 0 saturated carbocycles. The molecule has 2 rings (SSSR count). The highest BCUT2D eigenvalue weighted by Gasteiger charge is 2.53. The Morgan fingerprint density at radius 3 is 1.36 bits per heavy atom. The molecule has 44 heavy (non-hydrogen) atoms. The van der Waals surface area contributed by atoms with Crippen molar-refractivity contribution in [3.8, 4) is 0 Å². The molecule has 2 aromatic rings. The first kappa shape index (κ1) is 38.1. The SMILES string of the molecule is CS(=O)(=O)NC(Cc1ccc(C(F)(F)O[P+](=O)OC(F)(F)c2ccc(CC(NS(C)(=O)=O)C(N)=O)cc2Br)c(Br)c1)C(N)=O. The van der Waals surface area contributed by atoms with Crippen molar-refractivity contribution in [3.05, 3.63) is 67.6 Å². The van der Waals surface area contributed by atoms with Crippen LogP contribution >= 0.6 is 40.1 Å². The van der Waals surface area contributed by atoms with E-state index in [1.165, 1.54) is 0 Å². The van der Waals surface area contributed by atoms with Crippen LogP contribution in [0.15, 0.2) is 45.3 Å². The lowest BCUT2D eigenvalue weighted by atomic mass is 10.0. The largest absolute Gasteiger partial charge is 0.710 e. The summed E-state index contributed by atoms with van der Waals surface area (Å²) >= 11 is 5.69. The van der Waals surface area contributed by atoms with Crippen molar-refractivity contribution in [2.24, 2.45) is 11.5 Å². The third-order valence-corrected chi connectivity index (χ3v) is 8.85. The molecule has 6 N–H and O–H groups in total. The highest BCUT2D eigenvalue weighted by atomic mass is 79.9. The highest BCUT2D eigenvalue weighted by molar-refractivity contribution is 9.10. The number of rotatable bonds is 16. The number of carbonyl (C=O) groups is 2. The van der Waals surface area contributed by atoms with Crippen LogP contribution in [0.25, 0.3) is 0 Å². The average Bonchev–Trinajstić information content (AvgIpc) is 2.80. The smallest absolute Gasteiger partial charge is 0.368 e. The zero-order chi connectivity index (χ0) is 33.8. The molecule has 0 bridgehead atoms. The lowest BCUT2D eigenvalue weighted by molar-refractivity contribution is -0.221. The quantitative estimate of drug-likeness (QED) is 0.145. The Hall–Kier alpha value is -2.10. The molecule has 0 aliphatic carbocycles. The van der Waals surface area contributed by atoms with Crippen molar-refractivity contribution in [3.63, 3.8) is 0 Å². The van der Waals surface area contributed by atoms with Crippen molar-refractivity contribution in [1.82, 2.24) is 9.44 Å². The first-order valence-corrected chi connectivity index (χ1v) is 18.1. The monoisotopic (exact) mass is 817 g/mol. The predicted molar refractivity (Wildman–Crippen MR) is 155 cm³/mol. The first-order valence-electron chi connectivity index (χ1n) is 11.6. The molecule has 0 aliphatic heterocycles. The molecule has 22 heteroatoms. The minimum absolute atomic E-state index is 0.158. The van der Waals surface area contributed by atoms with Gasteiger partial charge >= 0.3 is 20.5 Å². The van der Waals surface area contributed by atoms with E-state index < -0.39 is 75.5 Å². The van der Waals surface area contributed by atoms with Gasteiger partial charge in [0, 0.05) is 13.5 Å². The van der Waals surface area contributed by atoms with Crippen molar-refractivity contribution in [2.45, 2.75) is 37.1 Å². The van der Waals surface area contributed by atoms with Gasteiger partial charge in [-0.3, -0.25) is 9.59 Å². The van der Waals surface area contributed by atoms with Crippen LogP contribution < -0.4 is 20.9 Å². The van der Waals surface area contributed by atoms with Gasteiger partial charge in [-0.1, -0.05) is 44.0 Å². The topological polar surface area (TPSA) is 214 Å². The molecule has 0 heterocycles. The number of nitrogens with one attached hydrogen (secondary N) is 2. The Balaban J connectivity index is 2.18. The molecule has 0 spiro atoms. The number of nitrogens with two attached hydrogens (primary N) is 2. The van der Waals surface area contributed by atoms with Gasteiger partial charge in [0.15, 0.2) is 0 Å².